The van der Waals surface area contributed by atoms with E-state index in [9.17, 15) is 19.2 Å². The first kappa shape index (κ1) is 21.9. The van der Waals surface area contributed by atoms with E-state index >= 15 is 0 Å². The van der Waals surface area contributed by atoms with Crippen LogP contribution in [0.5, 0.6) is 0 Å². The molecule has 0 fully saturated rings. The molecule has 0 heterocycles. The van der Waals surface area contributed by atoms with Crippen LogP contribution in [0.1, 0.15) is 37.0 Å². The van der Waals surface area contributed by atoms with Crippen molar-refractivity contribution in [3.63, 3.8) is 0 Å². The quantitative estimate of drug-likeness (QED) is 0.467. The molecule has 1 aromatic rings. The molecule has 0 bridgehead atoms. The number of nitrogens with one attached hydrogen (secondary N) is 1. The van der Waals surface area contributed by atoms with Gasteiger partial charge >= 0.3 is 11.9 Å². The molecule has 0 saturated heterocycles. The fourth-order valence-corrected chi connectivity index (χ4v) is 2.22. The van der Waals surface area contributed by atoms with Crippen LogP contribution in [-0.2, 0) is 23.9 Å². The predicted molar refractivity (Wildman–Crippen MR) is 98.9 cm³/mol. The van der Waals surface area contributed by atoms with Crippen molar-refractivity contribution < 1.29 is 28.7 Å². The Morgan fingerprint density at radius 1 is 1.15 bits per heavy atom. The summed E-state index contributed by atoms with van der Waals surface area (Å²) in [6.07, 6.45) is 1.98. The summed E-state index contributed by atoms with van der Waals surface area (Å²) in [4.78, 5) is 48.1. The van der Waals surface area contributed by atoms with Gasteiger partial charge in [-0.3, -0.25) is 19.3 Å². The van der Waals surface area contributed by atoms with Gasteiger partial charge < -0.3 is 14.8 Å². The van der Waals surface area contributed by atoms with Crippen molar-refractivity contribution in [2.45, 2.75) is 32.7 Å². The second-order valence-corrected chi connectivity index (χ2v) is 5.36. The number of nitrogens with zero attached hydrogens (tertiary/aromatic N) is 1. The smallest absolute Gasteiger partial charge is 0.328 e. The van der Waals surface area contributed by atoms with E-state index in [-0.39, 0.29) is 26.1 Å². The van der Waals surface area contributed by atoms with E-state index in [0.29, 0.717) is 17.7 Å². The average molecular weight is 376 g/mol. The fraction of sp³-hybridized carbons (Fsp3) is 0.368. The molecule has 0 saturated carbocycles. The zero-order chi connectivity index (χ0) is 20.2. The lowest BCUT2D eigenvalue weighted by molar-refractivity contribution is -0.146. The zero-order valence-corrected chi connectivity index (χ0v) is 15.5. The van der Waals surface area contributed by atoms with Crippen molar-refractivity contribution in [2.75, 3.05) is 18.1 Å². The highest BCUT2D eigenvalue weighted by molar-refractivity contribution is 5.97. The lowest BCUT2D eigenvalue weighted by Gasteiger charge is -2.17. The van der Waals surface area contributed by atoms with Gasteiger partial charge in [-0.1, -0.05) is 6.58 Å². The van der Waals surface area contributed by atoms with Crippen LogP contribution in [0, 0.1) is 0 Å². The van der Waals surface area contributed by atoms with Gasteiger partial charge in [0, 0.05) is 23.9 Å². The van der Waals surface area contributed by atoms with Crippen LogP contribution in [0.25, 0.3) is 0 Å². The van der Waals surface area contributed by atoms with Gasteiger partial charge in [-0.25, -0.2) is 4.79 Å². The number of esters is 2. The normalized spacial score (nSPS) is 11.0. The first-order valence-corrected chi connectivity index (χ1v) is 8.56. The third-order valence-electron chi connectivity index (χ3n) is 3.56. The lowest BCUT2D eigenvalue weighted by atomic mass is 10.1. The number of ether oxygens (including phenoxy) is 2. The number of amides is 2. The van der Waals surface area contributed by atoms with Crippen molar-refractivity contribution in [3.8, 4) is 0 Å². The molecule has 0 spiro atoms. The highest BCUT2D eigenvalue weighted by Crippen LogP contribution is 2.14. The standard InChI is InChI=1S/C19H24N2O6/c1-4-21(13-22)15-9-7-14(8-10-15)18(24)20-16(19(25)27-6-3)11-12-17(23)26-5-2/h4,7-10,13,16H,1,5-6,11-12H2,2-3H3,(H,20,24)/t16-/m0/s1. The molecule has 0 aliphatic carbocycles. The second-order valence-electron chi connectivity index (χ2n) is 5.36. The van der Waals surface area contributed by atoms with Gasteiger partial charge in [-0.2, -0.15) is 0 Å². The summed E-state index contributed by atoms with van der Waals surface area (Å²) >= 11 is 0. The van der Waals surface area contributed by atoms with E-state index in [1.54, 1.807) is 26.0 Å². The molecule has 0 aromatic heterocycles. The third kappa shape index (κ3) is 6.93. The van der Waals surface area contributed by atoms with Crippen molar-refractivity contribution in [2.24, 2.45) is 0 Å². The van der Waals surface area contributed by atoms with Crippen LogP contribution >= 0.6 is 0 Å². The Morgan fingerprint density at radius 2 is 1.78 bits per heavy atom. The Bertz CT molecular complexity index is 663. The highest BCUT2D eigenvalue weighted by Gasteiger charge is 2.24. The molecule has 8 heteroatoms. The summed E-state index contributed by atoms with van der Waals surface area (Å²) in [7, 11) is 0. The van der Waals surface area contributed by atoms with Gasteiger partial charge in [0.25, 0.3) is 5.91 Å². The maximum Gasteiger partial charge on any atom is 0.328 e. The third-order valence-corrected chi connectivity index (χ3v) is 3.56. The Kier molecular flexibility index (Phi) is 9.28. The molecule has 0 aliphatic rings. The number of carbonyl (C=O) groups excluding carboxylic acids is 4. The number of rotatable bonds is 11. The molecule has 8 nitrogen and oxygen atoms in total. The van der Waals surface area contributed by atoms with E-state index in [0.717, 1.165) is 0 Å². The second kappa shape index (κ2) is 11.5. The summed E-state index contributed by atoms with van der Waals surface area (Å²) < 4.78 is 9.78. The molecule has 27 heavy (non-hydrogen) atoms. The van der Waals surface area contributed by atoms with E-state index in [1.165, 1.54) is 23.2 Å². The molecular weight excluding hydrogens is 352 g/mol. The van der Waals surface area contributed by atoms with Gasteiger partial charge in [0.05, 0.1) is 13.2 Å². The number of anilines is 1. The Balaban J connectivity index is 2.82. The van der Waals surface area contributed by atoms with Crippen LogP contribution in [-0.4, -0.2) is 43.5 Å². The molecule has 1 N–H and O–H groups in total. The van der Waals surface area contributed by atoms with Gasteiger partial charge in [0.1, 0.15) is 6.04 Å². The summed E-state index contributed by atoms with van der Waals surface area (Å²) in [5.74, 6) is -1.57. The Morgan fingerprint density at radius 3 is 2.30 bits per heavy atom. The van der Waals surface area contributed by atoms with E-state index in [1.807, 2.05) is 0 Å². The maximum atomic E-state index is 12.4. The number of carbonyl (C=O) groups is 4. The highest BCUT2D eigenvalue weighted by atomic mass is 16.5. The van der Waals surface area contributed by atoms with Gasteiger partial charge in [-0.15, -0.1) is 0 Å². The molecule has 0 aliphatic heterocycles. The summed E-state index contributed by atoms with van der Waals surface area (Å²) in [6, 6.07) is 5.20. The number of hydrogen-bond acceptors (Lipinski definition) is 6. The van der Waals surface area contributed by atoms with Crippen LogP contribution < -0.4 is 10.2 Å². The topological polar surface area (TPSA) is 102 Å². The number of hydrogen-bond donors (Lipinski definition) is 1. The van der Waals surface area contributed by atoms with Crippen molar-refractivity contribution in [3.05, 3.63) is 42.6 Å². The zero-order valence-electron chi connectivity index (χ0n) is 15.5. The summed E-state index contributed by atoms with van der Waals surface area (Å²) in [6.45, 7) is 7.25. The predicted octanol–water partition coefficient (Wildman–Crippen LogP) is 1.80. The minimum absolute atomic E-state index is 0.0236. The van der Waals surface area contributed by atoms with Gasteiger partial charge in [0.2, 0.25) is 6.41 Å². The van der Waals surface area contributed by atoms with Crippen molar-refractivity contribution in [1.82, 2.24) is 5.32 Å². The van der Waals surface area contributed by atoms with Crippen molar-refractivity contribution in [1.29, 1.82) is 0 Å². The molecule has 1 atom stereocenters. The Hall–Kier alpha value is -3.16. The average Bonchev–Trinajstić information content (AvgIpc) is 2.66. The minimum Gasteiger partial charge on any atom is -0.466 e. The molecule has 0 unspecified atom stereocenters. The summed E-state index contributed by atoms with van der Waals surface area (Å²) in [5, 5.41) is 2.57. The van der Waals surface area contributed by atoms with E-state index in [4.69, 9.17) is 9.47 Å². The summed E-state index contributed by atoms with van der Waals surface area (Å²) in [5.41, 5.74) is 0.833. The lowest BCUT2D eigenvalue weighted by Crippen LogP contribution is -2.42. The van der Waals surface area contributed by atoms with Crippen LogP contribution in [0.3, 0.4) is 0 Å². The first-order chi connectivity index (χ1) is 13.0. The molecular formula is C19H24N2O6. The SMILES string of the molecule is C=CN(C=O)c1ccc(C(=O)N[C@@H](CCC(=O)OCC)C(=O)OCC)cc1. The first-order valence-electron chi connectivity index (χ1n) is 8.56. The monoisotopic (exact) mass is 376 g/mol. The van der Waals surface area contributed by atoms with Crippen LogP contribution in [0.2, 0.25) is 0 Å². The fourth-order valence-electron chi connectivity index (χ4n) is 2.22. The Labute approximate surface area is 158 Å². The molecule has 1 rings (SSSR count). The molecule has 2 amide bonds. The molecule has 146 valence electrons. The molecule has 1 aromatic carbocycles. The van der Waals surface area contributed by atoms with Crippen molar-refractivity contribution >= 4 is 29.9 Å². The van der Waals surface area contributed by atoms with E-state index in [2.05, 4.69) is 11.9 Å². The maximum absolute atomic E-state index is 12.4. The number of benzene rings is 1. The van der Waals surface area contributed by atoms with Gasteiger partial charge in [0.15, 0.2) is 0 Å². The molecule has 0 radical (unpaired) electrons. The van der Waals surface area contributed by atoms with E-state index < -0.39 is 23.9 Å². The largest absolute Gasteiger partial charge is 0.466 e. The van der Waals surface area contributed by atoms with Crippen LogP contribution in [0.15, 0.2) is 37.0 Å². The van der Waals surface area contributed by atoms with Gasteiger partial charge in [-0.05, 0) is 44.5 Å². The van der Waals surface area contributed by atoms with Crippen LogP contribution in [0.4, 0.5) is 5.69 Å². The minimum atomic E-state index is -0.971.